The van der Waals surface area contributed by atoms with Gasteiger partial charge in [0, 0.05) is 10.5 Å². The Kier molecular flexibility index (Phi) is 5.06. The average Bonchev–Trinajstić information content (AvgIpc) is 2.46. The number of carbonyl (C=O) groups excluding carboxylic acids is 1. The number of benzene rings is 2. The van der Waals surface area contributed by atoms with Crippen molar-refractivity contribution in [2.75, 3.05) is 5.75 Å². The van der Waals surface area contributed by atoms with Gasteiger partial charge in [-0.1, -0.05) is 54.9 Å². The Morgan fingerprint density at radius 1 is 1.11 bits per heavy atom. The fraction of sp³-hybridized carbons (Fsp3) is 0.188. The maximum atomic E-state index is 12.1. The van der Waals surface area contributed by atoms with Crippen LogP contribution in [0.1, 0.15) is 22.8 Å². The van der Waals surface area contributed by atoms with Gasteiger partial charge >= 0.3 is 0 Å². The molecule has 3 heteroatoms. The Morgan fingerprint density at radius 2 is 1.79 bits per heavy atom. The van der Waals surface area contributed by atoms with Crippen LogP contribution in [0.15, 0.2) is 53.4 Å². The van der Waals surface area contributed by atoms with E-state index in [1.165, 1.54) is 17.3 Å². The number of Topliss-reactive ketones (excluding diaryl/α,β-unsaturated/α-hetero) is 1. The lowest BCUT2D eigenvalue weighted by Gasteiger charge is -2.04. The van der Waals surface area contributed by atoms with Crippen molar-refractivity contribution < 1.29 is 4.79 Å². The minimum Gasteiger partial charge on any atom is -0.293 e. The van der Waals surface area contributed by atoms with Crippen molar-refractivity contribution in [2.24, 2.45) is 0 Å². The lowest BCUT2D eigenvalue weighted by Crippen LogP contribution is -2.02. The third-order valence-electron chi connectivity index (χ3n) is 2.88. The SMILES string of the molecule is CCc1ccc(C(=O)CSc2ccccc2Cl)cc1. The van der Waals surface area contributed by atoms with E-state index in [1.807, 2.05) is 48.5 Å². The van der Waals surface area contributed by atoms with Gasteiger partial charge < -0.3 is 0 Å². The molecule has 0 saturated heterocycles. The number of halogens is 1. The van der Waals surface area contributed by atoms with Crippen LogP contribution in [0.5, 0.6) is 0 Å². The third kappa shape index (κ3) is 3.85. The summed E-state index contributed by atoms with van der Waals surface area (Å²) in [6, 6.07) is 15.4. The van der Waals surface area contributed by atoms with Gasteiger partial charge in [0.2, 0.25) is 0 Å². The van der Waals surface area contributed by atoms with Crippen molar-refractivity contribution in [3.63, 3.8) is 0 Å². The summed E-state index contributed by atoms with van der Waals surface area (Å²) in [6.45, 7) is 2.10. The molecule has 19 heavy (non-hydrogen) atoms. The summed E-state index contributed by atoms with van der Waals surface area (Å²) >= 11 is 7.54. The summed E-state index contributed by atoms with van der Waals surface area (Å²) in [5, 5.41) is 0.696. The van der Waals surface area contributed by atoms with Crippen LogP contribution in [0.4, 0.5) is 0 Å². The maximum absolute atomic E-state index is 12.1. The highest BCUT2D eigenvalue weighted by Crippen LogP contribution is 2.27. The van der Waals surface area contributed by atoms with E-state index < -0.39 is 0 Å². The Hall–Kier alpha value is -1.25. The summed E-state index contributed by atoms with van der Waals surface area (Å²) in [5.74, 6) is 0.544. The van der Waals surface area contributed by atoms with Crippen molar-refractivity contribution in [1.82, 2.24) is 0 Å². The van der Waals surface area contributed by atoms with Gasteiger partial charge in [-0.15, -0.1) is 11.8 Å². The summed E-state index contributed by atoms with van der Waals surface area (Å²) in [4.78, 5) is 13.0. The number of carbonyl (C=O) groups is 1. The van der Waals surface area contributed by atoms with Crippen molar-refractivity contribution in [1.29, 1.82) is 0 Å². The zero-order valence-corrected chi connectivity index (χ0v) is 12.3. The first-order chi connectivity index (χ1) is 9.20. The van der Waals surface area contributed by atoms with E-state index in [0.29, 0.717) is 10.8 Å². The Balaban J connectivity index is 1.99. The number of aryl methyl sites for hydroxylation is 1. The Morgan fingerprint density at radius 3 is 2.42 bits per heavy atom. The van der Waals surface area contributed by atoms with E-state index in [4.69, 9.17) is 11.6 Å². The van der Waals surface area contributed by atoms with Gasteiger partial charge in [-0.2, -0.15) is 0 Å². The summed E-state index contributed by atoms with van der Waals surface area (Å²) in [7, 11) is 0. The molecule has 0 spiro atoms. The van der Waals surface area contributed by atoms with Crippen molar-refractivity contribution in [3.05, 3.63) is 64.7 Å². The minimum atomic E-state index is 0.132. The maximum Gasteiger partial charge on any atom is 0.173 e. The lowest BCUT2D eigenvalue weighted by atomic mass is 10.1. The van der Waals surface area contributed by atoms with Crippen LogP contribution >= 0.6 is 23.4 Å². The van der Waals surface area contributed by atoms with E-state index in [1.54, 1.807) is 0 Å². The molecular weight excluding hydrogens is 276 g/mol. The van der Waals surface area contributed by atoms with E-state index in [9.17, 15) is 4.79 Å². The van der Waals surface area contributed by atoms with Gasteiger partial charge in [0.05, 0.1) is 10.8 Å². The zero-order valence-electron chi connectivity index (χ0n) is 10.7. The predicted octanol–water partition coefficient (Wildman–Crippen LogP) is 4.88. The summed E-state index contributed by atoms with van der Waals surface area (Å²) < 4.78 is 0. The van der Waals surface area contributed by atoms with Crippen LogP contribution in [0.3, 0.4) is 0 Å². The van der Waals surface area contributed by atoms with Gasteiger partial charge in [-0.05, 0) is 24.1 Å². The molecule has 0 amide bonds. The van der Waals surface area contributed by atoms with Gasteiger partial charge in [-0.25, -0.2) is 0 Å². The highest BCUT2D eigenvalue weighted by Gasteiger charge is 2.08. The van der Waals surface area contributed by atoms with E-state index in [0.717, 1.165) is 16.9 Å². The molecule has 0 aliphatic heterocycles. The second kappa shape index (κ2) is 6.78. The quantitative estimate of drug-likeness (QED) is 0.577. The van der Waals surface area contributed by atoms with Crippen LogP contribution in [0.2, 0.25) is 5.02 Å². The Labute approximate surface area is 123 Å². The summed E-state index contributed by atoms with van der Waals surface area (Å²) in [5.41, 5.74) is 2.01. The summed E-state index contributed by atoms with van der Waals surface area (Å²) in [6.07, 6.45) is 0.989. The molecule has 0 radical (unpaired) electrons. The highest BCUT2D eigenvalue weighted by atomic mass is 35.5. The molecule has 0 unspecified atom stereocenters. The van der Waals surface area contributed by atoms with Crippen molar-refractivity contribution >= 4 is 29.1 Å². The first kappa shape index (κ1) is 14.2. The largest absolute Gasteiger partial charge is 0.293 e. The first-order valence-corrected chi connectivity index (χ1v) is 7.56. The monoisotopic (exact) mass is 290 g/mol. The van der Waals surface area contributed by atoms with E-state index in [2.05, 4.69) is 6.92 Å². The van der Waals surface area contributed by atoms with Crippen molar-refractivity contribution in [3.8, 4) is 0 Å². The molecular formula is C16H15ClOS. The number of ketones is 1. The highest BCUT2D eigenvalue weighted by molar-refractivity contribution is 8.00. The molecule has 0 aromatic heterocycles. The molecule has 0 aliphatic rings. The fourth-order valence-electron chi connectivity index (χ4n) is 1.71. The van der Waals surface area contributed by atoms with Crippen LogP contribution in [-0.4, -0.2) is 11.5 Å². The number of thioether (sulfide) groups is 1. The molecule has 0 bridgehead atoms. The molecule has 98 valence electrons. The first-order valence-electron chi connectivity index (χ1n) is 6.20. The molecule has 1 nitrogen and oxygen atoms in total. The second-order valence-corrected chi connectivity index (χ2v) is 5.62. The molecule has 0 aliphatic carbocycles. The molecule has 0 fully saturated rings. The third-order valence-corrected chi connectivity index (χ3v) is 4.39. The molecule has 0 N–H and O–H groups in total. The van der Waals surface area contributed by atoms with Gasteiger partial charge in [0.1, 0.15) is 0 Å². The Bertz CT molecular complexity index is 563. The van der Waals surface area contributed by atoms with E-state index >= 15 is 0 Å². The number of rotatable bonds is 5. The molecule has 2 aromatic rings. The lowest BCUT2D eigenvalue weighted by molar-refractivity contribution is 0.102. The van der Waals surface area contributed by atoms with Crippen LogP contribution in [-0.2, 0) is 6.42 Å². The van der Waals surface area contributed by atoms with Gasteiger partial charge in [-0.3, -0.25) is 4.79 Å². The van der Waals surface area contributed by atoms with Gasteiger partial charge in [0.25, 0.3) is 0 Å². The molecule has 0 atom stereocenters. The topological polar surface area (TPSA) is 17.1 Å². The second-order valence-electron chi connectivity index (χ2n) is 4.19. The van der Waals surface area contributed by atoms with Crippen molar-refractivity contribution in [2.45, 2.75) is 18.2 Å². The normalized spacial score (nSPS) is 10.4. The number of hydrogen-bond donors (Lipinski definition) is 0. The molecule has 2 aromatic carbocycles. The fourth-order valence-corrected chi connectivity index (χ4v) is 2.85. The van der Waals surface area contributed by atoms with Crippen LogP contribution in [0.25, 0.3) is 0 Å². The standard InChI is InChI=1S/C16H15ClOS/c1-2-12-7-9-13(10-8-12)15(18)11-19-16-6-4-3-5-14(16)17/h3-10H,2,11H2,1H3. The van der Waals surface area contributed by atoms with Crippen LogP contribution in [0, 0.1) is 0 Å². The molecule has 0 heterocycles. The number of hydrogen-bond acceptors (Lipinski definition) is 2. The van der Waals surface area contributed by atoms with E-state index in [-0.39, 0.29) is 5.78 Å². The minimum absolute atomic E-state index is 0.132. The molecule has 2 rings (SSSR count). The van der Waals surface area contributed by atoms with Gasteiger partial charge in [0.15, 0.2) is 5.78 Å². The smallest absolute Gasteiger partial charge is 0.173 e. The zero-order chi connectivity index (χ0) is 13.7. The predicted molar refractivity (Wildman–Crippen MR) is 82.3 cm³/mol. The average molecular weight is 291 g/mol. The molecule has 0 saturated carbocycles. The van der Waals surface area contributed by atoms with Crippen LogP contribution < -0.4 is 0 Å².